The lowest BCUT2D eigenvalue weighted by atomic mass is 10.2. The van der Waals surface area contributed by atoms with E-state index < -0.39 is 15.9 Å². The molecule has 0 unspecified atom stereocenters. The van der Waals surface area contributed by atoms with Gasteiger partial charge >= 0.3 is 0 Å². The van der Waals surface area contributed by atoms with Crippen LogP contribution in [0.2, 0.25) is 5.02 Å². The second-order valence-electron chi connectivity index (χ2n) is 4.08. The lowest BCUT2D eigenvalue weighted by Crippen LogP contribution is -2.31. The van der Waals surface area contributed by atoms with Crippen LogP contribution in [0.25, 0.3) is 0 Å². The Morgan fingerprint density at radius 2 is 2.21 bits per heavy atom. The van der Waals surface area contributed by atoms with Gasteiger partial charge in [-0.3, -0.25) is 4.79 Å². The highest BCUT2D eigenvalue weighted by molar-refractivity contribution is 7.90. The van der Waals surface area contributed by atoms with Crippen LogP contribution in [-0.4, -0.2) is 25.2 Å². The summed E-state index contributed by atoms with van der Waals surface area (Å²) in [5, 5.41) is 8.82. The van der Waals surface area contributed by atoms with Crippen LogP contribution >= 0.6 is 11.6 Å². The molecule has 0 atom stereocenters. The van der Waals surface area contributed by atoms with Crippen LogP contribution < -0.4 is 0 Å². The van der Waals surface area contributed by atoms with Crippen molar-refractivity contribution in [2.45, 2.75) is 11.8 Å². The first-order valence-corrected chi connectivity index (χ1v) is 7.11. The zero-order valence-electron chi connectivity index (χ0n) is 9.92. The number of hydrogen-bond donors (Lipinski definition) is 0. The molecule has 0 radical (unpaired) electrons. The summed E-state index contributed by atoms with van der Waals surface area (Å²) in [5.41, 5.74) is 0.551. The molecule has 98 valence electrons. The fourth-order valence-corrected chi connectivity index (χ4v) is 3.56. The number of allylic oxidation sites excluding steroid dienone is 1. The molecule has 1 amide bonds. The van der Waals surface area contributed by atoms with Gasteiger partial charge in [0.15, 0.2) is 0 Å². The molecule has 0 saturated carbocycles. The minimum Gasteiger partial charge on any atom is -0.268 e. The van der Waals surface area contributed by atoms with Gasteiger partial charge < -0.3 is 0 Å². The summed E-state index contributed by atoms with van der Waals surface area (Å²) in [6.45, 7) is 1.45. The number of hydrogen-bond acceptors (Lipinski definition) is 4. The first kappa shape index (κ1) is 13.6. The Balaban J connectivity index is 2.50. The summed E-state index contributed by atoms with van der Waals surface area (Å²) in [6, 6.07) is 5.87. The Hall–Kier alpha value is -1.84. The Morgan fingerprint density at radius 1 is 1.53 bits per heavy atom. The number of rotatable bonds is 2. The number of nitrogens with zero attached hydrogens (tertiary/aromatic N) is 2. The lowest BCUT2D eigenvalue weighted by Gasteiger charge is -2.14. The molecule has 1 heterocycles. The molecule has 7 heteroatoms. The topological polar surface area (TPSA) is 78.2 Å². The standard InChI is InChI=1S/C12H9ClN2O3S/c1-8(4-5-14)7-15-12(16)10-6-9(13)2-3-11(10)19(15,17)18/h2-4,6H,7H2,1H3/b8-4+. The van der Waals surface area contributed by atoms with Crippen molar-refractivity contribution in [2.75, 3.05) is 6.54 Å². The lowest BCUT2D eigenvalue weighted by molar-refractivity contribution is 0.0878. The Morgan fingerprint density at radius 3 is 2.84 bits per heavy atom. The zero-order chi connectivity index (χ0) is 14.2. The molecule has 19 heavy (non-hydrogen) atoms. The van der Waals surface area contributed by atoms with Crippen LogP contribution in [-0.2, 0) is 10.0 Å². The van der Waals surface area contributed by atoms with Crippen molar-refractivity contribution in [1.29, 1.82) is 5.26 Å². The van der Waals surface area contributed by atoms with Crippen LogP contribution in [0.3, 0.4) is 0 Å². The maximum atomic E-state index is 12.2. The van der Waals surface area contributed by atoms with Crippen molar-refractivity contribution < 1.29 is 13.2 Å². The highest BCUT2D eigenvalue weighted by Gasteiger charge is 2.41. The highest BCUT2D eigenvalue weighted by atomic mass is 35.5. The molecule has 0 N–H and O–H groups in total. The quantitative estimate of drug-likeness (QED) is 0.782. The fraction of sp³-hybridized carbons (Fsp3) is 0.167. The molecule has 0 fully saturated rings. The summed E-state index contributed by atoms with van der Waals surface area (Å²) in [5.74, 6) is -0.622. The van der Waals surface area contributed by atoms with Crippen molar-refractivity contribution in [3.05, 3.63) is 40.4 Å². The predicted molar refractivity (Wildman–Crippen MR) is 69.0 cm³/mol. The number of amides is 1. The van der Waals surface area contributed by atoms with Crippen LogP contribution in [0.15, 0.2) is 34.7 Å². The molecule has 1 aliphatic rings. The number of benzene rings is 1. The van der Waals surface area contributed by atoms with Gasteiger partial charge in [-0.1, -0.05) is 11.6 Å². The van der Waals surface area contributed by atoms with E-state index in [0.717, 1.165) is 4.31 Å². The normalized spacial score (nSPS) is 17.2. The van der Waals surface area contributed by atoms with E-state index in [2.05, 4.69) is 0 Å². The SMILES string of the molecule is C/C(=C\C#N)CN1C(=O)c2cc(Cl)ccc2S1(=O)=O. The molecule has 2 rings (SSSR count). The van der Waals surface area contributed by atoms with Gasteiger partial charge in [0.25, 0.3) is 15.9 Å². The van der Waals surface area contributed by atoms with E-state index in [1.807, 2.05) is 0 Å². The summed E-state index contributed by atoms with van der Waals surface area (Å²) >= 11 is 5.76. The number of carbonyl (C=O) groups excluding carboxylic acids is 1. The van der Waals surface area contributed by atoms with E-state index in [-0.39, 0.29) is 17.0 Å². The number of halogens is 1. The van der Waals surface area contributed by atoms with Gasteiger partial charge in [-0.15, -0.1) is 0 Å². The second-order valence-corrected chi connectivity index (χ2v) is 6.34. The van der Waals surface area contributed by atoms with Crippen molar-refractivity contribution >= 4 is 27.5 Å². The molecule has 1 aromatic carbocycles. The van der Waals surface area contributed by atoms with E-state index in [0.29, 0.717) is 10.6 Å². The number of sulfonamides is 1. The molecule has 1 aromatic rings. The van der Waals surface area contributed by atoms with Crippen molar-refractivity contribution in [1.82, 2.24) is 4.31 Å². The van der Waals surface area contributed by atoms with Crippen molar-refractivity contribution in [3.8, 4) is 6.07 Å². The van der Waals surface area contributed by atoms with Gasteiger partial charge in [-0.25, -0.2) is 12.7 Å². The highest BCUT2D eigenvalue weighted by Crippen LogP contribution is 2.32. The monoisotopic (exact) mass is 296 g/mol. The minimum atomic E-state index is -3.85. The van der Waals surface area contributed by atoms with Gasteiger partial charge in [0, 0.05) is 11.1 Å². The Labute approximate surface area is 115 Å². The zero-order valence-corrected chi connectivity index (χ0v) is 11.5. The van der Waals surface area contributed by atoms with E-state index in [1.54, 1.807) is 13.0 Å². The third kappa shape index (κ3) is 2.23. The smallest absolute Gasteiger partial charge is 0.268 e. The largest absolute Gasteiger partial charge is 0.269 e. The molecule has 0 aromatic heterocycles. The van der Waals surface area contributed by atoms with Gasteiger partial charge in [-0.2, -0.15) is 5.26 Å². The first-order valence-electron chi connectivity index (χ1n) is 5.30. The average Bonchev–Trinajstić information content (AvgIpc) is 2.51. The summed E-state index contributed by atoms with van der Waals surface area (Å²) < 4.78 is 25.1. The molecule has 5 nitrogen and oxygen atoms in total. The number of fused-ring (bicyclic) bond motifs is 1. The van der Waals surface area contributed by atoms with Crippen molar-refractivity contribution in [3.63, 3.8) is 0 Å². The number of nitriles is 1. The van der Waals surface area contributed by atoms with E-state index in [4.69, 9.17) is 16.9 Å². The summed E-state index contributed by atoms with van der Waals surface area (Å²) in [7, 11) is -3.85. The van der Waals surface area contributed by atoms with Crippen LogP contribution in [0.5, 0.6) is 0 Å². The predicted octanol–water partition coefficient (Wildman–Crippen LogP) is 1.95. The molecule has 0 spiro atoms. The third-order valence-electron chi connectivity index (χ3n) is 2.67. The molecule has 0 saturated heterocycles. The Bertz CT molecular complexity index is 732. The van der Waals surface area contributed by atoms with Gasteiger partial charge in [-0.05, 0) is 30.7 Å². The van der Waals surface area contributed by atoms with Gasteiger partial charge in [0.05, 0.1) is 18.2 Å². The summed E-state index contributed by atoms with van der Waals surface area (Å²) in [6.07, 6.45) is 1.21. The maximum Gasteiger partial charge on any atom is 0.269 e. The molecule has 0 aliphatic carbocycles. The van der Waals surface area contributed by atoms with Gasteiger partial charge in [0.2, 0.25) is 0 Å². The van der Waals surface area contributed by atoms with Gasteiger partial charge in [0.1, 0.15) is 4.90 Å². The van der Waals surface area contributed by atoms with Crippen LogP contribution in [0.4, 0.5) is 0 Å². The summed E-state index contributed by atoms with van der Waals surface area (Å²) in [4.78, 5) is 12.0. The molecular formula is C12H9ClN2O3S. The second kappa shape index (κ2) is 4.68. The molecule has 0 bridgehead atoms. The molecular weight excluding hydrogens is 288 g/mol. The fourth-order valence-electron chi connectivity index (χ4n) is 1.80. The average molecular weight is 297 g/mol. The van der Waals surface area contributed by atoms with E-state index >= 15 is 0 Å². The van der Waals surface area contributed by atoms with Crippen LogP contribution in [0.1, 0.15) is 17.3 Å². The van der Waals surface area contributed by atoms with Crippen LogP contribution in [0, 0.1) is 11.3 Å². The van der Waals surface area contributed by atoms with E-state index in [9.17, 15) is 13.2 Å². The number of carbonyl (C=O) groups is 1. The Kier molecular flexibility index (Phi) is 3.35. The molecule has 1 aliphatic heterocycles. The van der Waals surface area contributed by atoms with E-state index in [1.165, 1.54) is 24.3 Å². The van der Waals surface area contributed by atoms with Crippen molar-refractivity contribution in [2.24, 2.45) is 0 Å². The maximum absolute atomic E-state index is 12.2. The first-order chi connectivity index (χ1) is 8.87. The third-order valence-corrected chi connectivity index (χ3v) is 4.69. The minimum absolute atomic E-state index is 0.0494.